The molecule has 7 heteroatoms. The number of allylic oxidation sites excluding steroid dienone is 4. The molecule has 33 heavy (non-hydrogen) atoms. The van der Waals surface area contributed by atoms with Crippen LogP contribution in [0.4, 0.5) is 5.82 Å². The summed E-state index contributed by atoms with van der Waals surface area (Å²) in [5.74, 6) is 0.162. The van der Waals surface area contributed by atoms with E-state index in [1.165, 1.54) is 5.56 Å². The van der Waals surface area contributed by atoms with Crippen molar-refractivity contribution in [2.75, 3.05) is 31.5 Å². The van der Waals surface area contributed by atoms with Crippen LogP contribution in [0.1, 0.15) is 43.9 Å². The summed E-state index contributed by atoms with van der Waals surface area (Å²) in [6, 6.07) is 3.58. The molecule has 3 N–H and O–H groups in total. The largest absolute Gasteiger partial charge is 0.480 e. The van der Waals surface area contributed by atoms with Crippen LogP contribution in [-0.2, 0) is 22.4 Å². The zero-order chi connectivity index (χ0) is 23.6. The van der Waals surface area contributed by atoms with Crippen LogP contribution in [0.5, 0.6) is 0 Å². The number of carbonyl (C=O) groups is 2. The number of carboxylic acid groups (broad SMARTS) is 1. The normalized spacial score (nSPS) is 18.4. The lowest BCUT2D eigenvalue weighted by atomic mass is 9.93. The minimum atomic E-state index is -0.857. The van der Waals surface area contributed by atoms with Gasteiger partial charge in [0.1, 0.15) is 11.9 Å². The quantitative estimate of drug-likeness (QED) is 0.372. The van der Waals surface area contributed by atoms with E-state index >= 15 is 0 Å². The maximum Gasteiger partial charge on any atom is 0.325 e. The number of piperidine rings is 1. The van der Waals surface area contributed by atoms with Gasteiger partial charge in [-0.25, -0.2) is 4.98 Å². The summed E-state index contributed by atoms with van der Waals surface area (Å²) in [5.41, 5.74) is 3.11. The Bertz CT molecular complexity index is 901. The lowest BCUT2D eigenvalue weighted by Crippen LogP contribution is -2.48. The second-order valence-corrected chi connectivity index (χ2v) is 8.82. The van der Waals surface area contributed by atoms with Crippen LogP contribution in [0.25, 0.3) is 0 Å². The minimum absolute atomic E-state index is 0.0632. The summed E-state index contributed by atoms with van der Waals surface area (Å²) >= 11 is 0. The maximum absolute atomic E-state index is 12.6. The predicted octanol–water partition coefficient (Wildman–Crippen LogP) is 3.34. The van der Waals surface area contributed by atoms with Gasteiger partial charge in [0.15, 0.2) is 0 Å². The van der Waals surface area contributed by atoms with Gasteiger partial charge >= 0.3 is 5.97 Å². The van der Waals surface area contributed by atoms with Gasteiger partial charge in [-0.05, 0) is 62.7 Å². The van der Waals surface area contributed by atoms with E-state index in [1.807, 2.05) is 17.9 Å². The van der Waals surface area contributed by atoms with Gasteiger partial charge in [0.25, 0.3) is 0 Å². The van der Waals surface area contributed by atoms with Crippen LogP contribution in [0.3, 0.4) is 0 Å². The first-order valence-corrected chi connectivity index (χ1v) is 11.9. The van der Waals surface area contributed by atoms with Crippen molar-refractivity contribution in [2.24, 2.45) is 5.92 Å². The molecule has 1 amide bonds. The Morgan fingerprint density at radius 3 is 2.85 bits per heavy atom. The van der Waals surface area contributed by atoms with Gasteiger partial charge in [0.05, 0.1) is 0 Å². The SMILES string of the molecule is C=C/C=C\C=C(/C)C(C(=O)O)N1CCC(C(=O)NCCCc2ccc3c(n2)NCCC3)CC1. The first kappa shape index (κ1) is 24.7. The lowest BCUT2D eigenvalue weighted by Gasteiger charge is -2.35. The third-order valence-electron chi connectivity index (χ3n) is 6.40. The summed E-state index contributed by atoms with van der Waals surface area (Å²) in [5, 5.41) is 16.1. The van der Waals surface area contributed by atoms with E-state index in [0.29, 0.717) is 32.5 Å². The molecule has 0 saturated carbocycles. The number of amides is 1. The monoisotopic (exact) mass is 452 g/mol. The van der Waals surface area contributed by atoms with Crippen LogP contribution < -0.4 is 10.6 Å². The number of aryl methyl sites for hydroxylation is 2. The summed E-state index contributed by atoms with van der Waals surface area (Å²) in [6.45, 7) is 8.25. The van der Waals surface area contributed by atoms with Crippen molar-refractivity contribution < 1.29 is 14.7 Å². The fourth-order valence-electron chi connectivity index (χ4n) is 4.57. The smallest absolute Gasteiger partial charge is 0.325 e. The van der Waals surface area contributed by atoms with Gasteiger partial charge < -0.3 is 15.7 Å². The van der Waals surface area contributed by atoms with Gasteiger partial charge in [-0.1, -0.05) is 36.9 Å². The van der Waals surface area contributed by atoms with Crippen LogP contribution in [0.15, 0.2) is 48.6 Å². The molecule has 1 unspecified atom stereocenters. The van der Waals surface area contributed by atoms with Crippen molar-refractivity contribution in [1.82, 2.24) is 15.2 Å². The molecule has 3 heterocycles. The van der Waals surface area contributed by atoms with E-state index in [9.17, 15) is 14.7 Å². The molecule has 0 spiro atoms. The van der Waals surface area contributed by atoms with Gasteiger partial charge in [0.2, 0.25) is 5.91 Å². The van der Waals surface area contributed by atoms with E-state index in [0.717, 1.165) is 49.3 Å². The molecule has 0 radical (unpaired) electrons. The molecule has 1 atom stereocenters. The number of aliphatic carboxylic acids is 1. The first-order valence-electron chi connectivity index (χ1n) is 11.9. The molecule has 1 fully saturated rings. The van der Waals surface area contributed by atoms with Crippen LogP contribution >= 0.6 is 0 Å². The maximum atomic E-state index is 12.6. The molecule has 2 aliphatic heterocycles. The predicted molar refractivity (Wildman–Crippen MR) is 131 cm³/mol. The van der Waals surface area contributed by atoms with E-state index in [1.54, 1.807) is 18.2 Å². The summed E-state index contributed by atoms with van der Waals surface area (Å²) in [4.78, 5) is 31.1. The number of anilines is 1. The Morgan fingerprint density at radius 1 is 1.33 bits per heavy atom. The number of likely N-dealkylation sites (tertiary alicyclic amines) is 1. The van der Waals surface area contributed by atoms with Gasteiger partial charge in [0, 0.05) is 37.8 Å². The number of carboxylic acids is 1. The molecule has 1 saturated heterocycles. The van der Waals surface area contributed by atoms with Crippen molar-refractivity contribution in [3.8, 4) is 0 Å². The minimum Gasteiger partial charge on any atom is -0.480 e. The topological polar surface area (TPSA) is 94.6 Å². The Morgan fingerprint density at radius 2 is 2.12 bits per heavy atom. The number of aromatic nitrogens is 1. The van der Waals surface area contributed by atoms with Crippen molar-refractivity contribution in [1.29, 1.82) is 0 Å². The molecular formula is C26H36N4O3. The Labute approximate surface area is 196 Å². The van der Waals surface area contributed by atoms with E-state index in [2.05, 4.69) is 29.3 Å². The van der Waals surface area contributed by atoms with E-state index in [4.69, 9.17) is 4.98 Å². The second-order valence-electron chi connectivity index (χ2n) is 8.82. The number of hydrogen-bond donors (Lipinski definition) is 3. The van der Waals surface area contributed by atoms with Crippen LogP contribution in [0.2, 0.25) is 0 Å². The van der Waals surface area contributed by atoms with Crippen molar-refractivity contribution in [3.63, 3.8) is 0 Å². The third-order valence-corrected chi connectivity index (χ3v) is 6.40. The molecule has 7 nitrogen and oxygen atoms in total. The zero-order valence-electron chi connectivity index (χ0n) is 19.6. The van der Waals surface area contributed by atoms with Crippen LogP contribution in [0, 0.1) is 5.92 Å². The average Bonchev–Trinajstić information content (AvgIpc) is 2.82. The molecule has 2 aliphatic rings. The molecule has 0 aliphatic carbocycles. The number of nitrogens with zero attached hydrogens (tertiary/aromatic N) is 2. The van der Waals surface area contributed by atoms with Gasteiger partial charge in [-0.2, -0.15) is 0 Å². The molecule has 3 rings (SSSR count). The fraction of sp³-hybridized carbons (Fsp3) is 0.500. The second kappa shape index (κ2) is 12.3. The molecular weight excluding hydrogens is 416 g/mol. The van der Waals surface area contributed by atoms with E-state index < -0.39 is 12.0 Å². The summed E-state index contributed by atoms with van der Waals surface area (Å²) in [6.07, 6.45) is 12.3. The van der Waals surface area contributed by atoms with E-state index in [-0.39, 0.29) is 11.8 Å². The number of nitrogens with one attached hydrogen (secondary N) is 2. The highest BCUT2D eigenvalue weighted by atomic mass is 16.4. The first-order chi connectivity index (χ1) is 16.0. The number of carbonyl (C=O) groups excluding carboxylic acids is 1. The number of fused-ring (bicyclic) bond motifs is 1. The highest BCUT2D eigenvalue weighted by molar-refractivity contribution is 5.79. The summed E-state index contributed by atoms with van der Waals surface area (Å²) < 4.78 is 0. The van der Waals surface area contributed by atoms with Crippen LogP contribution in [-0.4, -0.2) is 59.1 Å². The molecule has 178 valence electrons. The number of pyridine rings is 1. The third kappa shape index (κ3) is 7.02. The van der Waals surface area contributed by atoms with Crippen molar-refractivity contribution >= 4 is 17.7 Å². The highest BCUT2D eigenvalue weighted by Crippen LogP contribution is 2.23. The standard InChI is InChI=1S/C26H36N4O3/c1-3-4-5-8-19(2)23(26(32)33)30-17-13-21(14-18-30)25(31)28-16-7-10-22-12-11-20-9-6-15-27-24(20)29-22/h3-5,8,11-12,21,23H,1,6-7,9-10,13-18H2,2H3,(H,27,29)(H,28,31)(H,32,33)/b5-4-,19-8+. The molecule has 1 aromatic rings. The molecule has 0 bridgehead atoms. The fourth-order valence-corrected chi connectivity index (χ4v) is 4.57. The van der Waals surface area contributed by atoms with Gasteiger partial charge in [-0.15, -0.1) is 0 Å². The van der Waals surface area contributed by atoms with Gasteiger partial charge in [-0.3, -0.25) is 14.5 Å². The average molecular weight is 453 g/mol. The summed E-state index contributed by atoms with van der Waals surface area (Å²) in [7, 11) is 0. The zero-order valence-corrected chi connectivity index (χ0v) is 19.6. The Balaban J connectivity index is 1.41. The Hall–Kier alpha value is -2.93. The Kier molecular flexibility index (Phi) is 9.24. The van der Waals surface area contributed by atoms with Crippen molar-refractivity contribution in [2.45, 2.75) is 51.5 Å². The lowest BCUT2D eigenvalue weighted by molar-refractivity contribution is -0.142. The van der Waals surface area contributed by atoms with Crippen molar-refractivity contribution in [3.05, 3.63) is 59.8 Å². The molecule has 1 aromatic heterocycles. The number of hydrogen-bond acceptors (Lipinski definition) is 5. The highest BCUT2D eigenvalue weighted by Gasteiger charge is 2.32. The molecule has 0 aromatic carbocycles. The number of rotatable bonds is 10.